The predicted molar refractivity (Wildman–Crippen MR) is 65.5 cm³/mol. The minimum Gasteiger partial charge on any atom is -0.392 e. The van der Waals surface area contributed by atoms with Crippen molar-refractivity contribution in [2.75, 3.05) is 0 Å². The van der Waals surface area contributed by atoms with Gasteiger partial charge in [0.15, 0.2) is 0 Å². The van der Waals surface area contributed by atoms with Crippen LogP contribution in [0.25, 0.3) is 0 Å². The van der Waals surface area contributed by atoms with Crippen LogP contribution in [0.2, 0.25) is 0 Å². The molecule has 1 aliphatic heterocycles. The van der Waals surface area contributed by atoms with Gasteiger partial charge in [0.1, 0.15) is 0 Å². The van der Waals surface area contributed by atoms with Crippen molar-refractivity contribution in [2.45, 2.75) is 38.9 Å². The van der Waals surface area contributed by atoms with Gasteiger partial charge in [-0.1, -0.05) is 5.82 Å². The summed E-state index contributed by atoms with van der Waals surface area (Å²) in [5, 5.41) is 2.87. The molecule has 1 rings (SSSR count). The largest absolute Gasteiger partial charge is 0.551 e. The highest BCUT2D eigenvalue weighted by molar-refractivity contribution is 14.2. The Labute approximate surface area is 96.2 Å². The highest BCUT2D eigenvalue weighted by Gasteiger charge is 2.50. The Balaban J connectivity index is 2.71. The minimum absolute atomic E-state index is 0.276. The van der Waals surface area contributed by atoms with Gasteiger partial charge in [0.2, 0.25) is 0 Å². The molecule has 13 heavy (non-hydrogen) atoms. The van der Waals surface area contributed by atoms with E-state index in [9.17, 15) is 0 Å². The third-order valence-electron chi connectivity index (χ3n) is 2.47. The lowest BCUT2D eigenvalue weighted by atomic mass is 9.90. The van der Waals surface area contributed by atoms with E-state index < -0.39 is 0 Å². The molecule has 72 valence electrons. The normalized spacial score (nSPS) is 23.9. The van der Waals surface area contributed by atoms with Crippen LogP contribution in [0.3, 0.4) is 0 Å². The van der Waals surface area contributed by atoms with Crippen molar-refractivity contribution < 1.29 is 9.31 Å². The molecule has 0 aromatic rings. The van der Waals surface area contributed by atoms with Gasteiger partial charge >= 0.3 is 7.12 Å². The van der Waals surface area contributed by atoms with Crippen molar-refractivity contribution in [3.05, 3.63) is 0 Å². The molecule has 0 atom stereocenters. The summed E-state index contributed by atoms with van der Waals surface area (Å²) in [5.41, 5.74) is -0.551. The second kappa shape index (κ2) is 4.01. The fourth-order valence-corrected chi connectivity index (χ4v) is 1.49. The molecule has 0 aromatic heterocycles. The van der Waals surface area contributed by atoms with Gasteiger partial charge < -0.3 is 9.31 Å². The summed E-state index contributed by atoms with van der Waals surface area (Å²) in [6.45, 7) is 8.08. The van der Waals surface area contributed by atoms with Crippen LogP contribution in [-0.4, -0.2) is 18.3 Å². The van der Waals surface area contributed by atoms with Gasteiger partial charge in [-0.2, -0.15) is 0 Å². The van der Waals surface area contributed by atoms with E-state index in [0.717, 1.165) is 0 Å². The molecule has 0 unspecified atom stereocenters. The Hall–Kier alpha value is 0.625. The Morgan fingerprint density at radius 3 is 2.00 bits per heavy atom. The molecule has 0 saturated carbocycles. The lowest BCUT2D eigenvalue weighted by molar-refractivity contribution is 0.00578. The van der Waals surface area contributed by atoms with Crippen molar-refractivity contribution in [2.24, 2.45) is 0 Å². The molecule has 1 heterocycles. The Kier molecular flexibility index (Phi) is 3.61. The van der Waals surface area contributed by atoms with Crippen LogP contribution in [0, 0.1) is 11.1 Å². The average molecular weight is 310 g/mol. The van der Waals surface area contributed by atoms with Crippen molar-refractivity contribution in [3.63, 3.8) is 0 Å². The molecule has 1 aliphatic rings. The molecular weight excluding hydrogens is 298 g/mol. The summed E-state index contributed by atoms with van der Waals surface area (Å²) >= 11 is 2.12. The topological polar surface area (TPSA) is 18.5 Å². The number of halogens is 1. The number of hydrogen-bond donors (Lipinski definition) is 0. The number of rotatable bonds is 0. The highest BCUT2D eigenvalue weighted by atomic mass is 127. The van der Waals surface area contributed by atoms with Gasteiger partial charge in [-0.25, -0.2) is 0 Å². The van der Waals surface area contributed by atoms with Crippen LogP contribution in [0.5, 0.6) is 0 Å². The molecular formula is C8H12BIO2S. The number of hydrogen-bond acceptors (Lipinski definition) is 3. The summed E-state index contributed by atoms with van der Waals surface area (Å²) < 4.78 is 11.3. The standard InChI is InChI=1S/C8H12BIO2S/c1-7(2)8(3,4)12-9(11-7)5-6-13-10/h1-4H3. The fourth-order valence-electron chi connectivity index (χ4n) is 0.972. The maximum atomic E-state index is 5.65. The summed E-state index contributed by atoms with van der Waals surface area (Å²) in [7, 11) is 1.06. The van der Waals surface area contributed by atoms with E-state index in [0.29, 0.717) is 0 Å². The predicted octanol–water partition coefficient (Wildman–Crippen LogP) is 2.66. The third-order valence-corrected chi connectivity index (χ3v) is 3.32. The smallest absolute Gasteiger partial charge is 0.392 e. The van der Waals surface area contributed by atoms with E-state index in [2.05, 4.69) is 32.3 Å². The molecule has 0 amide bonds. The van der Waals surface area contributed by atoms with E-state index in [4.69, 9.17) is 9.31 Å². The van der Waals surface area contributed by atoms with Crippen molar-refractivity contribution in [1.82, 2.24) is 0 Å². The van der Waals surface area contributed by atoms with Gasteiger partial charge in [-0.05, 0) is 41.9 Å². The van der Waals surface area contributed by atoms with Crippen molar-refractivity contribution in [1.29, 1.82) is 0 Å². The zero-order valence-electron chi connectivity index (χ0n) is 8.18. The Morgan fingerprint density at radius 1 is 1.15 bits per heavy atom. The van der Waals surface area contributed by atoms with Crippen LogP contribution in [0.15, 0.2) is 0 Å². The van der Waals surface area contributed by atoms with Crippen molar-refractivity contribution in [3.8, 4) is 11.1 Å². The minimum atomic E-state index is -0.382. The molecule has 0 bridgehead atoms. The summed E-state index contributed by atoms with van der Waals surface area (Å²) in [4.78, 5) is 0. The maximum Gasteiger partial charge on any atom is 0.551 e. The Morgan fingerprint density at radius 2 is 1.62 bits per heavy atom. The highest BCUT2D eigenvalue weighted by Crippen LogP contribution is 2.36. The van der Waals surface area contributed by atoms with Crippen LogP contribution in [0.1, 0.15) is 27.7 Å². The lowest BCUT2D eigenvalue weighted by Gasteiger charge is -2.32. The molecule has 0 aromatic carbocycles. The molecule has 0 spiro atoms. The quantitative estimate of drug-likeness (QED) is 0.389. The van der Waals surface area contributed by atoms with E-state index in [1.165, 1.54) is 8.93 Å². The molecule has 1 saturated heterocycles. The molecule has 0 radical (unpaired) electrons. The van der Waals surface area contributed by atoms with E-state index >= 15 is 0 Å². The molecule has 0 aliphatic carbocycles. The first kappa shape index (κ1) is 11.7. The van der Waals surface area contributed by atoms with Crippen molar-refractivity contribution >= 4 is 37.3 Å². The van der Waals surface area contributed by atoms with Crippen LogP contribution in [0.4, 0.5) is 0 Å². The lowest BCUT2D eigenvalue weighted by Crippen LogP contribution is -2.41. The third kappa shape index (κ3) is 2.55. The van der Waals surface area contributed by atoms with Gasteiger partial charge in [0.05, 0.1) is 11.2 Å². The first-order valence-electron chi connectivity index (χ1n) is 4.03. The molecule has 5 heteroatoms. The molecule has 0 N–H and O–H groups in total. The van der Waals surface area contributed by atoms with Gasteiger partial charge in [0, 0.05) is 21.2 Å². The summed E-state index contributed by atoms with van der Waals surface area (Å²) in [6.07, 6.45) is 0. The maximum absolute atomic E-state index is 5.65. The average Bonchev–Trinajstić information content (AvgIpc) is 2.17. The van der Waals surface area contributed by atoms with Crippen LogP contribution < -0.4 is 0 Å². The first-order valence-corrected chi connectivity index (χ1v) is 7.39. The first-order chi connectivity index (χ1) is 5.89. The fraction of sp³-hybridized carbons (Fsp3) is 0.750. The second-order valence-corrected chi connectivity index (χ2v) is 5.59. The van der Waals surface area contributed by atoms with Crippen LogP contribution in [-0.2, 0) is 9.31 Å². The van der Waals surface area contributed by atoms with Crippen LogP contribution >= 0.6 is 30.1 Å². The summed E-state index contributed by atoms with van der Waals surface area (Å²) in [6, 6.07) is 0. The Bertz CT molecular complexity index is 241. The molecule has 1 fully saturated rings. The van der Waals surface area contributed by atoms with Gasteiger partial charge in [-0.3, -0.25) is 0 Å². The van der Waals surface area contributed by atoms with E-state index in [-0.39, 0.29) is 18.3 Å². The van der Waals surface area contributed by atoms with Gasteiger partial charge in [0.25, 0.3) is 0 Å². The SMILES string of the molecule is CC1(C)OB(C#CSI)OC1(C)C. The molecule has 2 nitrogen and oxygen atoms in total. The van der Waals surface area contributed by atoms with E-state index in [1.54, 1.807) is 0 Å². The summed E-state index contributed by atoms with van der Waals surface area (Å²) in [5.74, 6) is 2.90. The zero-order valence-corrected chi connectivity index (χ0v) is 11.2. The monoisotopic (exact) mass is 310 g/mol. The zero-order chi connectivity index (χ0) is 10.1. The second-order valence-electron chi connectivity index (χ2n) is 3.91. The van der Waals surface area contributed by atoms with Gasteiger partial charge in [-0.15, -0.1) is 0 Å². The van der Waals surface area contributed by atoms with E-state index in [1.807, 2.05) is 27.7 Å².